The molecule has 0 spiro atoms. The third kappa shape index (κ3) is 5.49. The molecular weight excluding hydrogens is 216 g/mol. The summed E-state index contributed by atoms with van der Waals surface area (Å²) in [5, 5.41) is 11.9. The SMILES string of the molecule is CCCc1nc(N)cc(NCCCCCO)n1. The third-order valence-corrected chi connectivity index (χ3v) is 2.41. The number of nitrogens with zero attached hydrogens (tertiary/aromatic N) is 2. The largest absolute Gasteiger partial charge is 0.396 e. The van der Waals surface area contributed by atoms with Gasteiger partial charge in [0.15, 0.2) is 0 Å². The van der Waals surface area contributed by atoms with Gasteiger partial charge in [-0.15, -0.1) is 0 Å². The fourth-order valence-electron chi connectivity index (χ4n) is 1.57. The highest BCUT2D eigenvalue weighted by Crippen LogP contribution is 2.10. The van der Waals surface area contributed by atoms with Crippen LogP contribution in [0.3, 0.4) is 0 Å². The highest BCUT2D eigenvalue weighted by Gasteiger charge is 2.01. The molecule has 4 N–H and O–H groups in total. The van der Waals surface area contributed by atoms with Crippen molar-refractivity contribution in [1.82, 2.24) is 9.97 Å². The lowest BCUT2D eigenvalue weighted by molar-refractivity contribution is 0.283. The molecule has 0 fully saturated rings. The Morgan fingerprint density at radius 3 is 2.82 bits per heavy atom. The third-order valence-electron chi connectivity index (χ3n) is 2.41. The molecule has 96 valence electrons. The Labute approximate surface area is 102 Å². The number of rotatable bonds is 8. The first-order valence-corrected chi connectivity index (χ1v) is 6.24. The minimum atomic E-state index is 0.265. The summed E-state index contributed by atoms with van der Waals surface area (Å²) in [6, 6.07) is 1.76. The van der Waals surface area contributed by atoms with Crippen LogP contribution in [0.1, 0.15) is 38.4 Å². The maximum Gasteiger partial charge on any atom is 0.133 e. The molecule has 0 aliphatic heterocycles. The van der Waals surface area contributed by atoms with Crippen LogP contribution >= 0.6 is 0 Å². The second-order valence-electron chi connectivity index (χ2n) is 4.06. The summed E-state index contributed by atoms with van der Waals surface area (Å²) in [7, 11) is 0. The number of hydrogen-bond acceptors (Lipinski definition) is 5. The van der Waals surface area contributed by atoms with E-state index in [0.29, 0.717) is 5.82 Å². The smallest absolute Gasteiger partial charge is 0.133 e. The molecule has 5 heteroatoms. The number of nitrogen functional groups attached to an aromatic ring is 1. The molecule has 17 heavy (non-hydrogen) atoms. The van der Waals surface area contributed by atoms with Crippen LogP contribution in [-0.2, 0) is 6.42 Å². The van der Waals surface area contributed by atoms with Crippen molar-refractivity contribution in [2.45, 2.75) is 39.0 Å². The minimum absolute atomic E-state index is 0.265. The van der Waals surface area contributed by atoms with Gasteiger partial charge in [0.25, 0.3) is 0 Å². The van der Waals surface area contributed by atoms with Crippen LogP contribution in [0.2, 0.25) is 0 Å². The summed E-state index contributed by atoms with van der Waals surface area (Å²) in [6.07, 6.45) is 4.76. The highest BCUT2D eigenvalue weighted by atomic mass is 16.2. The zero-order valence-electron chi connectivity index (χ0n) is 10.4. The van der Waals surface area contributed by atoms with Crippen molar-refractivity contribution in [3.63, 3.8) is 0 Å². The number of hydrogen-bond donors (Lipinski definition) is 3. The van der Waals surface area contributed by atoms with Crippen LogP contribution in [0.25, 0.3) is 0 Å². The van der Waals surface area contributed by atoms with Crippen molar-refractivity contribution in [3.8, 4) is 0 Å². The molecule has 0 amide bonds. The van der Waals surface area contributed by atoms with Crippen molar-refractivity contribution < 1.29 is 5.11 Å². The van der Waals surface area contributed by atoms with Crippen molar-refractivity contribution in [2.75, 3.05) is 24.2 Å². The van der Waals surface area contributed by atoms with Crippen molar-refractivity contribution >= 4 is 11.6 Å². The van der Waals surface area contributed by atoms with Gasteiger partial charge in [-0.05, 0) is 25.7 Å². The Balaban J connectivity index is 2.41. The summed E-state index contributed by atoms with van der Waals surface area (Å²) in [6.45, 7) is 3.21. The minimum Gasteiger partial charge on any atom is -0.396 e. The Morgan fingerprint density at radius 1 is 1.29 bits per heavy atom. The molecule has 0 radical (unpaired) electrons. The predicted octanol–water partition coefficient (Wildman–Crippen LogP) is 1.59. The number of aromatic nitrogens is 2. The number of unbranched alkanes of at least 4 members (excludes halogenated alkanes) is 2. The normalized spacial score (nSPS) is 10.5. The van der Waals surface area contributed by atoms with Gasteiger partial charge in [0, 0.05) is 25.6 Å². The molecule has 0 saturated heterocycles. The van der Waals surface area contributed by atoms with Crippen LogP contribution in [0.5, 0.6) is 0 Å². The van der Waals surface area contributed by atoms with Crippen molar-refractivity contribution in [1.29, 1.82) is 0 Å². The number of aliphatic hydroxyl groups excluding tert-OH is 1. The monoisotopic (exact) mass is 238 g/mol. The summed E-state index contributed by atoms with van der Waals surface area (Å²) in [5.74, 6) is 2.11. The second kappa shape index (κ2) is 7.84. The first kappa shape index (κ1) is 13.7. The van der Waals surface area contributed by atoms with E-state index in [2.05, 4.69) is 22.2 Å². The van der Waals surface area contributed by atoms with E-state index in [0.717, 1.165) is 50.3 Å². The summed E-state index contributed by atoms with van der Waals surface area (Å²) in [4.78, 5) is 8.56. The van der Waals surface area contributed by atoms with Gasteiger partial charge in [-0.25, -0.2) is 9.97 Å². The van der Waals surface area contributed by atoms with E-state index in [9.17, 15) is 0 Å². The predicted molar refractivity (Wildman–Crippen MR) is 69.9 cm³/mol. The van der Waals surface area contributed by atoms with E-state index in [1.807, 2.05) is 0 Å². The van der Waals surface area contributed by atoms with Gasteiger partial charge in [0.05, 0.1) is 0 Å². The maximum atomic E-state index is 8.66. The van der Waals surface area contributed by atoms with E-state index >= 15 is 0 Å². The Kier molecular flexibility index (Phi) is 6.32. The lowest BCUT2D eigenvalue weighted by Gasteiger charge is -2.07. The summed E-state index contributed by atoms with van der Waals surface area (Å²) in [5.41, 5.74) is 5.72. The van der Waals surface area contributed by atoms with Crippen LogP contribution in [0.4, 0.5) is 11.6 Å². The van der Waals surface area contributed by atoms with Gasteiger partial charge in [-0.2, -0.15) is 0 Å². The molecule has 0 unspecified atom stereocenters. The zero-order valence-corrected chi connectivity index (χ0v) is 10.4. The average molecular weight is 238 g/mol. The van der Waals surface area contributed by atoms with Gasteiger partial charge in [0.1, 0.15) is 17.5 Å². The first-order chi connectivity index (χ1) is 8.26. The number of anilines is 2. The standard InChI is InChI=1S/C12H22N4O/c1-2-6-11-15-10(13)9-12(16-11)14-7-4-3-5-8-17/h9,17H,2-8H2,1H3,(H3,13,14,15,16). The molecule has 0 saturated carbocycles. The molecule has 1 heterocycles. The lowest BCUT2D eigenvalue weighted by atomic mass is 10.2. The van der Waals surface area contributed by atoms with Gasteiger partial charge >= 0.3 is 0 Å². The quantitative estimate of drug-likeness (QED) is 0.599. The summed E-state index contributed by atoms with van der Waals surface area (Å²) < 4.78 is 0. The molecule has 0 aromatic carbocycles. The van der Waals surface area contributed by atoms with E-state index in [1.165, 1.54) is 0 Å². The number of aliphatic hydroxyl groups is 1. The fourth-order valence-corrected chi connectivity index (χ4v) is 1.57. The Morgan fingerprint density at radius 2 is 2.12 bits per heavy atom. The molecule has 1 rings (SSSR count). The molecule has 1 aromatic heterocycles. The van der Waals surface area contributed by atoms with E-state index < -0.39 is 0 Å². The van der Waals surface area contributed by atoms with E-state index in [-0.39, 0.29) is 6.61 Å². The average Bonchev–Trinajstić information content (AvgIpc) is 2.28. The van der Waals surface area contributed by atoms with Crippen LogP contribution in [-0.4, -0.2) is 28.2 Å². The number of aryl methyl sites for hydroxylation is 1. The van der Waals surface area contributed by atoms with Crippen molar-refractivity contribution in [2.24, 2.45) is 0 Å². The van der Waals surface area contributed by atoms with Crippen LogP contribution in [0, 0.1) is 0 Å². The van der Waals surface area contributed by atoms with Gasteiger partial charge in [-0.1, -0.05) is 6.92 Å². The second-order valence-corrected chi connectivity index (χ2v) is 4.06. The fraction of sp³-hybridized carbons (Fsp3) is 0.667. The van der Waals surface area contributed by atoms with Crippen LogP contribution < -0.4 is 11.1 Å². The van der Waals surface area contributed by atoms with Gasteiger partial charge < -0.3 is 16.2 Å². The molecular formula is C12H22N4O. The molecule has 0 aliphatic carbocycles. The van der Waals surface area contributed by atoms with Crippen LogP contribution in [0.15, 0.2) is 6.07 Å². The van der Waals surface area contributed by atoms with E-state index in [1.54, 1.807) is 6.07 Å². The van der Waals surface area contributed by atoms with Crippen molar-refractivity contribution in [3.05, 3.63) is 11.9 Å². The first-order valence-electron chi connectivity index (χ1n) is 6.24. The molecule has 5 nitrogen and oxygen atoms in total. The Hall–Kier alpha value is -1.36. The molecule has 1 aromatic rings. The Bertz CT molecular complexity index is 330. The molecule has 0 aliphatic rings. The summed E-state index contributed by atoms with van der Waals surface area (Å²) >= 11 is 0. The zero-order chi connectivity index (χ0) is 12.5. The number of nitrogens with one attached hydrogen (secondary N) is 1. The highest BCUT2D eigenvalue weighted by molar-refractivity contribution is 5.44. The van der Waals surface area contributed by atoms with E-state index in [4.69, 9.17) is 10.8 Å². The lowest BCUT2D eigenvalue weighted by Crippen LogP contribution is -2.07. The number of nitrogens with two attached hydrogens (primary N) is 1. The topological polar surface area (TPSA) is 84.1 Å². The molecule has 0 bridgehead atoms. The van der Waals surface area contributed by atoms with Gasteiger partial charge in [-0.3, -0.25) is 0 Å². The molecule has 0 atom stereocenters. The maximum absolute atomic E-state index is 8.66. The van der Waals surface area contributed by atoms with Gasteiger partial charge in [0.2, 0.25) is 0 Å².